The number of ether oxygens (including phenoxy) is 1. The quantitative estimate of drug-likeness (QED) is 0.0861. The van der Waals surface area contributed by atoms with Crippen LogP contribution in [0.1, 0.15) is 84.9 Å². The fourth-order valence-corrected chi connectivity index (χ4v) is 7.25. The number of likely N-dealkylation sites (tertiary alicyclic amines) is 1. The zero-order chi connectivity index (χ0) is 34.7. The van der Waals surface area contributed by atoms with E-state index in [1.54, 1.807) is 24.3 Å². The topological polar surface area (TPSA) is 150 Å². The summed E-state index contributed by atoms with van der Waals surface area (Å²) in [6.45, 7) is -0.280. The summed E-state index contributed by atoms with van der Waals surface area (Å²) in [5.74, 6) is -1.54. The Morgan fingerprint density at radius 2 is 1.52 bits per heavy atom. The van der Waals surface area contributed by atoms with Crippen LogP contribution >= 0.6 is 23.5 Å². The Kier molecular flexibility index (Phi) is 17.7. The van der Waals surface area contributed by atoms with E-state index in [1.807, 2.05) is 36.4 Å². The number of halogens is 1. The molecule has 0 aliphatic carbocycles. The molecule has 1 heterocycles. The van der Waals surface area contributed by atoms with Crippen molar-refractivity contribution in [1.29, 1.82) is 0 Å². The van der Waals surface area contributed by atoms with Crippen molar-refractivity contribution in [2.75, 3.05) is 25.4 Å². The molecule has 0 saturated carbocycles. The summed E-state index contributed by atoms with van der Waals surface area (Å²) in [5, 5.41) is 21.5. The number of nitrogens with one attached hydrogen (secondary N) is 1. The number of nitrogens with zero attached hydrogens (tertiary/aromatic N) is 1. The van der Waals surface area contributed by atoms with E-state index in [9.17, 15) is 38.6 Å². The molecule has 0 radical (unpaired) electrons. The number of aliphatic carboxylic acids is 1. The normalized spacial score (nSPS) is 17.1. The molecular formula is C35H45FN2O8S2. The van der Waals surface area contributed by atoms with Gasteiger partial charge in [0.15, 0.2) is 6.23 Å². The first-order valence-electron chi connectivity index (χ1n) is 16.4. The molecular weight excluding hydrogens is 660 g/mol. The van der Waals surface area contributed by atoms with E-state index in [0.29, 0.717) is 49.0 Å². The number of benzene rings is 2. The second-order valence-electron chi connectivity index (χ2n) is 11.6. The standard InChI is InChI=1S/C35H45FN2O8S2/c36-27-23-29(33(42)43)38(24-27)31(40)19-20-37-30(17-9-21-39)46-32(41)18-8-7-15-28(48-35(45)26-13-5-2-6-14-26)16-10-22-47-34(44)25-11-3-1-4-12-25/h1-6,11-14,27-30,37,39H,7-10,15-24H2,(H,42,43). The van der Waals surface area contributed by atoms with E-state index in [-0.39, 0.29) is 54.4 Å². The third kappa shape index (κ3) is 14.1. The van der Waals surface area contributed by atoms with Crippen LogP contribution in [0.4, 0.5) is 4.39 Å². The number of carboxylic acid groups (broad SMARTS) is 1. The molecule has 0 bridgehead atoms. The molecule has 0 aromatic heterocycles. The van der Waals surface area contributed by atoms with Gasteiger partial charge >= 0.3 is 11.9 Å². The maximum absolute atomic E-state index is 13.7. The Morgan fingerprint density at radius 3 is 2.17 bits per heavy atom. The van der Waals surface area contributed by atoms with Crippen LogP contribution in [0.25, 0.3) is 0 Å². The van der Waals surface area contributed by atoms with Gasteiger partial charge in [-0.3, -0.25) is 24.5 Å². The van der Waals surface area contributed by atoms with E-state index in [4.69, 9.17) is 4.74 Å². The maximum atomic E-state index is 13.7. The summed E-state index contributed by atoms with van der Waals surface area (Å²) in [6, 6.07) is 17.0. The Labute approximate surface area is 289 Å². The van der Waals surface area contributed by atoms with Crippen molar-refractivity contribution in [1.82, 2.24) is 10.2 Å². The second kappa shape index (κ2) is 21.7. The van der Waals surface area contributed by atoms with Gasteiger partial charge in [-0.2, -0.15) is 0 Å². The summed E-state index contributed by atoms with van der Waals surface area (Å²) in [4.78, 5) is 63.0. The summed E-state index contributed by atoms with van der Waals surface area (Å²) in [6.07, 6.45) is 1.80. The molecule has 13 heteroatoms. The van der Waals surface area contributed by atoms with Crippen LogP contribution in [0, 0.1) is 0 Å². The Balaban J connectivity index is 1.43. The van der Waals surface area contributed by atoms with Gasteiger partial charge in [0.25, 0.3) is 0 Å². The highest BCUT2D eigenvalue weighted by atomic mass is 32.2. The molecule has 0 spiro atoms. The van der Waals surface area contributed by atoms with Crippen LogP contribution in [0.5, 0.6) is 0 Å². The predicted molar refractivity (Wildman–Crippen MR) is 185 cm³/mol. The smallest absolute Gasteiger partial charge is 0.326 e. The fraction of sp³-hybridized carbons (Fsp3) is 0.514. The number of hydrogen-bond acceptors (Lipinski definition) is 10. The van der Waals surface area contributed by atoms with Crippen LogP contribution in [0.15, 0.2) is 60.7 Å². The largest absolute Gasteiger partial charge is 0.480 e. The Hall–Kier alpha value is -3.26. The van der Waals surface area contributed by atoms with Crippen LogP contribution < -0.4 is 5.32 Å². The van der Waals surface area contributed by atoms with Crippen molar-refractivity contribution in [3.63, 3.8) is 0 Å². The molecule has 1 aliphatic rings. The van der Waals surface area contributed by atoms with Crippen molar-refractivity contribution < 1.29 is 43.3 Å². The lowest BCUT2D eigenvalue weighted by Crippen LogP contribution is -2.42. The number of aliphatic hydroxyl groups excluding tert-OH is 1. The molecule has 48 heavy (non-hydrogen) atoms. The molecule has 3 N–H and O–H groups in total. The molecule has 4 atom stereocenters. The van der Waals surface area contributed by atoms with Gasteiger partial charge in [0.2, 0.25) is 16.1 Å². The van der Waals surface area contributed by atoms with Crippen LogP contribution in [0.2, 0.25) is 0 Å². The van der Waals surface area contributed by atoms with Crippen molar-refractivity contribution in [3.8, 4) is 0 Å². The van der Waals surface area contributed by atoms with E-state index >= 15 is 0 Å². The monoisotopic (exact) mass is 704 g/mol. The SMILES string of the molecule is O=C(CCCCC(CCCSC(=O)c1ccccc1)SC(=O)c1ccccc1)OC(CCCO)NCCC(=O)N1CC(F)CC1C(=O)O. The van der Waals surface area contributed by atoms with Crippen molar-refractivity contribution in [2.45, 2.75) is 87.9 Å². The minimum atomic E-state index is -1.38. The van der Waals surface area contributed by atoms with E-state index in [1.165, 1.54) is 23.5 Å². The lowest BCUT2D eigenvalue weighted by Gasteiger charge is -2.23. The number of unbranched alkanes of at least 4 members (excludes halogenated alkanes) is 1. The second-order valence-corrected chi connectivity index (χ2v) is 13.9. The molecule has 1 fully saturated rings. The molecule has 10 nitrogen and oxygen atoms in total. The van der Waals surface area contributed by atoms with Gasteiger partial charge in [-0.05, 0) is 32.1 Å². The lowest BCUT2D eigenvalue weighted by molar-refractivity contribution is -0.152. The van der Waals surface area contributed by atoms with Crippen molar-refractivity contribution in [2.24, 2.45) is 0 Å². The van der Waals surface area contributed by atoms with E-state index < -0.39 is 36.3 Å². The summed E-state index contributed by atoms with van der Waals surface area (Å²) >= 11 is 2.56. The van der Waals surface area contributed by atoms with Crippen molar-refractivity contribution >= 4 is 51.6 Å². The first-order chi connectivity index (χ1) is 23.2. The molecule has 2 aromatic carbocycles. The highest BCUT2D eigenvalue weighted by Crippen LogP contribution is 2.28. The van der Waals surface area contributed by atoms with Gasteiger partial charge < -0.3 is 19.8 Å². The average Bonchev–Trinajstić information content (AvgIpc) is 3.49. The van der Waals surface area contributed by atoms with Gasteiger partial charge in [0.05, 0.1) is 6.54 Å². The zero-order valence-corrected chi connectivity index (χ0v) is 28.6. The van der Waals surface area contributed by atoms with Crippen LogP contribution in [-0.4, -0.2) is 92.3 Å². The molecule has 4 unspecified atom stereocenters. The molecule has 262 valence electrons. The molecule has 1 amide bonds. The number of alkyl halides is 1. The first kappa shape index (κ1) is 39.2. The third-order valence-electron chi connectivity index (χ3n) is 7.82. The molecule has 1 saturated heterocycles. The van der Waals surface area contributed by atoms with Crippen LogP contribution in [0.3, 0.4) is 0 Å². The van der Waals surface area contributed by atoms with Gasteiger partial charge in [-0.1, -0.05) is 90.6 Å². The third-order valence-corrected chi connectivity index (χ3v) is 10.1. The summed E-state index contributed by atoms with van der Waals surface area (Å²) in [5.41, 5.74) is 1.29. The average molecular weight is 705 g/mol. The minimum Gasteiger partial charge on any atom is -0.480 e. The number of esters is 1. The molecule has 3 rings (SSSR count). The van der Waals surface area contributed by atoms with Gasteiger partial charge in [-0.15, -0.1) is 0 Å². The Bertz CT molecular complexity index is 1320. The van der Waals surface area contributed by atoms with Crippen molar-refractivity contribution in [3.05, 3.63) is 71.8 Å². The molecule has 2 aromatic rings. The van der Waals surface area contributed by atoms with Gasteiger partial charge in [0.1, 0.15) is 12.2 Å². The highest BCUT2D eigenvalue weighted by Gasteiger charge is 2.39. The summed E-state index contributed by atoms with van der Waals surface area (Å²) < 4.78 is 19.3. The number of carbonyl (C=O) groups is 5. The lowest BCUT2D eigenvalue weighted by atomic mass is 10.1. The van der Waals surface area contributed by atoms with Gasteiger partial charge in [-0.25, -0.2) is 9.18 Å². The Morgan fingerprint density at radius 1 is 0.875 bits per heavy atom. The number of carbonyl (C=O) groups excluding carboxylic acids is 4. The minimum absolute atomic E-state index is 0.0154. The number of amides is 1. The maximum Gasteiger partial charge on any atom is 0.326 e. The number of carboxylic acids is 1. The first-order valence-corrected chi connectivity index (χ1v) is 18.2. The number of aliphatic hydroxyl groups is 1. The molecule has 1 aliphatic heterocycles. The fourth-order valence-electron chi connectivity index (χ4n) is 5.31. The predicted octanol–water partition coefficient (Wildman–Crippen LogP) is 5.49. The highest BCUT2D eigenvalue weighted by molar-refractivity contribution is 8.14. The number of hydrogen-bond donors (Lipinski definition) is 3. The number of rotatable bonds is 21. The van der Waals surface area contributed by atoms with E-state index in [2.05, 4.69) is 5.32 Å². The van der Waals surface area contributed by atoms with Gasteiger partial charge in [0, 0.05) is 61.0 Å². The number of thioether (sulfide) groups is 2. The van der Waals surface area contributed by atoms with E-state index in [0.717, 1.165) is 17.7 Å². The van der Waals surface area contributed by atoms with Crippen LogP contribution in [-0.2, 0) is 19.1 Å². The summed E-state index contributed by atoms with van der Waals surface area (Å²) in [7, 11) is 0. The zero-order valence-electron chi connectivity index (χ0n) is 27.0.